The van der Waals surface area contributed by atoms with E-state index in [2.05, 4.69) is 10.3 Å². The van der Waals surface area contributed by atoms with Crippen molar-refractivity contribution >= 4 is 27.5 Å². The average Bonchev–Trinajstić information content (AvgIpc) is 3.12. The average molecular weight is 277 g/mol. The molecule has 0 saturated heterocycles. The quantitative estimate of drug-likeness (QED) is 0.928. The van der Waals surface area contributed by atoms with Crippen LogP contribution in [0.1, 0.15) is 35.0 Å². The Balaban J connectivity index is 2.11. The molecule has 0 unspecified atom stereocenters. The van der Waals surface area contributed by atoms with Gasteiger partial charge in [0.1, 0.15) is 4.83 Å². The molecule has 1 aliphatic rings. The molecule has 1 aliphatic carbocycles. The van der Waals surface area contributed by atoms with Crippen LogP contribution in [-0.4, -0.2) is 21.5 Å². The Labute approximate surface area is 114 Å². The van der Waals surface area contributed by atoms with Crippen molar-refractivity contribution in [3.8, 4) is 0 Å². The summed E-state index contributed by atoms with van der Waals surface area (Å²) in [6.45, 7) is 4.31. The van der Waals surface area contributed by atoms with Crippen molar-refractivity contribution in [3.63, 3.8) is 0 Å². The highest BCUT2D eigenvalue weighted by atomic mass is 32.1. The Hall–Kier alpha value is -1.69. The van der Waals surface area contributed by atoms with Gasteiger partial charge in [-0.1, -0.05) is 0 Å². The maximum Gasteiger partial charge on any atom is 0.262 e. The number of aryl methyl sites for hydroxylation is 2. The number of carbonyl (C=O) groups is 1. The molecule has 19 heavy (non-hydrogen) atoms. The number of rotatable bonds is 3. The topological polar surface area (TPSA) is 64.0 Å². The molecule has 1 saturated carbocycles. The highest BCUT2D eigenvalue weighted by Crippen LogP contribution is 2.28. The fourth-order valence-electron chi connectivity index (χ4n) is 2.08. The first-order valence-corrected chi connectivity index (χ1v) is 7.23. The standard InChI is InChI=1S/C13H15N3O2S/c1-3-16-6-14-12-9(13(16)18)7(2)10(19-12)11(17)15-8-4-5-8/h6,8H,3-5H2,1-2H3,(H,15,17). The lowest BCUT2D eigenvalue weighted by Crippen LogP contribution is -2.25. The predicted molar refractivity (Wildman–Crippen MR) is 74.8 cm³/mol. The summed E-state index contributed by atoms with van der Waals surface area (Å²) in [6.07, 6.45) is 3.65. The normalized spacial score (nSPS) is 14.8. The Morgan fingerprint density at radius 2 is 2.32 bits per heavy atom. The van der Waals surface area contributed by atoms with Crippen LogP contribution in [0.15, 0.2) is 11.1 Å². The van der Waals surface area contributed by atoms with E-state index >= 15 is 0 Å². The van der Waals surface area contributed by atoms with Crippen molar-refractivity contribution in [2.75, 3.05) is 0 Å². The maximum atomic E-state index is 12.2. The van der Waals surface area contributed by atoms with Gasteiger partial charge in [0.25, 0.3) is 11.5 Å². The van der Waals surface area contributed by atoms with Gasteiger partial charge in [-0.05, 0) is 32.3 Å². The molecule has 5 nitrogen and oxygen atoms in total. The van der Waals surface area contributed by atoms with Gasteiger partial charge in [0, 0.05) is 12.6 Å². The first kappa shape index (κ1) is 12.3. The molecule has 0 aliphatic heterocycles. The predicted octanol–water partition coefficient (Wildman–Crippen LogP) is 1.68. The monoisotopic (exact) mass is 277 g/mol. The van der Waals surface area contributed by atoms with E-state index in [0.29, 0.717) is 27.7 Å². The third-order valence-corrected chi connectivity index (χ3v) is 4.58. The maximum absolute atomic E-state index is 12.2. The van der Waals surface area contributed by atoms with Crippen molar-refractivity contribution in [1.29, 1.82) is 0 Å². The number of carbonyl (C=O) groups excluding carboxylic acids is 1. The van der Waals surface area contributed by atoms with Gasteiger partial charge in [0.05, 0.1) is 16.6 Å². The molecular formula is C13H15N3O2S. The summed E-state index contributed by atoms with van der Waals surface area (Å²) in [4.78, 5) is 29.9. The molecule has 0 aromatic carbocycles. The highest BCUT2D eigenvalue weighted by molar-refractivity contribution is 7.20. The van der Waals surface area contributed by atoms with Crippen LogP contribution < -0.4 is 10.9 Å². The van der Waals surface area contributed by atoms with Gasteiger partial charge in [0.2, 0.25) is 0 Å². The summed E-state index contributed by atoms with van der Waals surface area (Å²) in [5.74, 6) is -0.0783. The van der Waals surface area contributed by atoms with Gasteiger partial charge in [-0.3, -0.25) is 14.2 Å². The van der Waals surface area contributed by atoms with E-state index in [4.69, 9.17) is 0 Å². The summed E-state index contributed by atoms with van der Waals surface area (Å²) < 4.78 is 1.56. The van der Waals surface area contributed by atoms with E-state index in [0.717, 1.165) is 18.4 Å². The lowest BCUT2D eigenvalue weighted by molar-refractivity contribution is 0.0954. The molecular weight excluding hydrogens is 262 g/mol. The lowest BCUT2D eigenvalue weighted by Gasteiger charge is -2.01. The smallest absolute Gasteiger partial charge is 0.262 e. The fraction of sp³-hybridized carbons (Fsp3) is 0.462. The van der Waals surface area contributed by atoms with Crippen LogP contribution in [0.4, 0.5) is 0 Å². The van der Waals surface area contributed by atoms with E-state index < -0.39 is 0 Å². The van der Waals surface area contributed by atoms with E-state index in [1.165, 1.54) is 11.3 Å². The highest BCUT2D eigenvalue weighted by Gasteiger charge is 2.26. The van der Waals surface area contributed by atoms with Gasteiger partial charge >= 0.3 is 0 Å². The Morgan fingerprint density at radius 1 is 1.58 bits per heavy atom. The zero-order valence-electron chi connectivity index (χ0n) is 10.9. The fourth-order valence-corrected chi connectivity index (χ4v) is 3.12. The lowest BCUT2D eigenvalue weighted by atomic mass is 10.2. The summed E-state index contributed by atoms with van der Waals surface area (Å²) in [6, 6.07) is 0.317. The van der Waals surface area contributed by atoms with Crippen LogP contribution in [0.25, 0.3) is 10.2 Å². The van der Waals surface area contributed by atoms with Crippen molar-refractivity contribution in [2.24, 2.45) is 0 Å². The van der Waals surface area contributed by atoms with Crippen LogP contribution in [0.5, 0.6) is 0 Å². The van der Waals surface area contributed by atoms with Crippen molar-refractivity contribution in [1.82, 2.24) is 14.9 Å². The van der Waals surface area contributed by atoms with E-state index in [1.54, 1.807) is 10.9 Å². The zero-order chi connectivity index (χ0) is 13.6. The number of hydrogen-bond donors (Lipinski definition) is 1. The molecule has 1 fully saturated rings. The molecule has 2 heterocycles. The number of nitrogens with zero attached hydrogens (tertiary/aromatic N) is 2. The van der Waals surface area contributed by atoms with Crippen LogP contribution in [0, 0.1) is 6.92 Å². The van der Waals surface area contributed by atoms with E-state index in [1.807, 2.05) is 13.8 Å². The number of thiophene rings is 1. The third-order valence-electron chi connectivity index (χ3n) is 3.38. The molecule has 0 bridgehead atoms. The number of aromatic nitrogens is 2. The third kappa shape index (κ3) is 2.06. The van der Waals surface area contributed by atoms with Crippen LogP contribution in [-0.2, 0) is 6.54 Å². The second-order valence-electron chi connectivity index (χ2n) is 4.82. The van der Waals surface area contributed by atoms with Crippen molar-refractivity contribution < 1.29 is 4.79 Å². The molecule has 6 heteroatoms. The molecule has 3 rings (SSSR count). The Kier molecular flexibility index (Phi) is 2.89. The first-order valence-electron chi connectivity index (χ1n) is 6.41. The minimum Gasteiger partial charge on any atom is -0.349 e. The van der Waals surface area contributed by atoms with Gasteiger partial charge in [0.15, 0.2) is 0 Å². The van der Waals surface area contributed by atoms with Gasteiger partial charge in [-0.25, -0.2) is 4.98 Å². The van der Waals surface area contributed by atoms with E-state index in [-0.39, 0.29) is 11.5 Å². The van der Waals surface area contributed by atoms with Crippen molar-refractivity contribution in [2.45, 2.75) is 39.3 Å². The number of nitrogens with one attached hydrogen (secondary N) is 1. The summed E-state index contributed by atoms with van der Waals surface area (Å²) >= 11 is 1.30. The Bertz CT molecular complexity index is 712. The van der Waals surface area contributed by atoms with Crippen molar-refractivity contribution in [3.05, 3.63) is 27.1 Å². The largest absolute Gasteiger partial charge is 0.349 e. The molecule has 0 spiro atoms. The van der Waals surface area contributed by atoms with E-state index in [9.17, 15) is 9.59 Å². The van der Waals surface area contributed by atoms with Crippen LogP contribution >= 0.6 is 11.3 Å². The summed E-state index contributed by atoms with van der Waals surface area (Å²) in [5, 5.41) is 3.53. The number of amides is 1. The molecule has 0 radical (unpaired) electrons. The molecule has 0 atom stereocenters. The summed E-state index contributed by atoms with van der Waals surface area (Å²) in [7, 11) is 0. The van der Waals surface area contributed by atoms with Gasteiger partial charge in [-0.2, -0.15) is 0 Å². The molecule has 100 valence electrons. The van der Waals surface area contributed by atoms with Crippen LogP contribution in [0.3, 0.4) is 0 Å². The van der Waals surface area contributed by atoms with Gasteiger partial charge in [-0.15, -0.1) is 11.3 Å². The minimum absolute atomic E-state index is 0.0632. The zero-order valence-corrected chi connectivity index (χ0v) is 11.7. The van der Waals surface area contributed by atoms with Crippen LogP contribution in [0.2, 0.25) is 0 Å². The van der Waals surface area contributed by atoms with Gasteiger partial charge < -0.3 is 5.32 Å². The summed E-state index contributed by atoms with van der Waals surface area (Å²) in [5.41, 5.74) is 0.685. The number of fused-ring (bicyclic) bond motifs is 1. The molecule has 2 aromatic rings. The second kappa shape index (κ2) is 4.45. The minimum atomic E-state index is -0.0783. The molecule has 2 aromatic heterocycles. The second-order valence-corrected chi connectivity index (χ2v) is 5.82. The molecule has 1 N–H and O–H groups in total. The first-order chi connectivity index (χ1) is 9.11. The number of hydrogen-bond acceptors (Lipinski definition) is 4. The Morgan fingerprint density at radius 3 is 2.95 bits per heavy atom. The SMILES string of the molecule is CCn1cnc2sc(C(=O)NC3CC3)c(C)c2c1=O. The molecule has 1 amide bonds.